The van der Waals surface area contributed by atoms with Crippen LogP contribution in [0, 0.1) is 5.82 Å². The lowest BCUT2D eigenvalue weighted by atomic mass is 9.93. The Morgan fingerprint density at radius 3 is 2.32 bits per heavy atom. The molecule has 0 unspecified atom stereocenters. The molecule has 0 aromatic heterocycles. The fraction of sp³-hybridized carbons (Fsp3) is 0.350. The van der Waals surface area contributed by atoms with Crippen molar-refractivity contribution in [1.29, 1.82) is 0 Å². The van der Waals surface area contributed by atoms with Crippen molar-refractivity contribution in [2.24, 2.45) is 0 Å². The monoisotopic (exact) mass is 481 g/mol. The summed E-state index contributed by atoms with van der Waals surface area (Å²) in [7, 11) is -4.70. The van der Waals surface area contributed by atoms with Crippen molar-refractivity contribution in [3.8, 4) is 0 Å². The molecule has 0 radical (unpaired) electrons. The van der Waals surface area contributed by atoms with E-state index in [0.29, 0.717) is 12.1 Å². The Kier molecular flexibility index (Phi) is 6.35. The molecule has 0 aliphatic heterocycles. The molecule has 0 saturated heterocycles. The normalized spacial score (nSPS) is 22.2. The first-order chi connectivity index (χ1) is 14.3. The smallest absolute Gasteiger partial charge is 0.349 e. The highest BCUT2D eigenvalue weighted by Crippen LogP contribution is 2.41. The van der Waals surface area contributed by atoms with Crippen LogP contribution >= 0.6 is 11.6 Å². The predicted molar refractivity (Wildman–Crippen MR) is 104 cm³/mol. The van der Waals surface area contributed by atoms with Gasteiger partial charge in [-0.25, -0.2) is 17.2 Å². The van der Waals surface area contributed by atoms with E-state index >= 15 is 4.39 Å². The van der Waals surface area contributed by atoms with Gasteiger partial charge in [0.25, 0.3) is 5.91 Å². The maximum absolute atomic E-state index is 15.4. The third-order valence-corrected chi connectivity index (χ3v) is 7.74. The Morgan fingerprint density at radius 2 is 1.74 bits per heavy atom. The summed E-state index contributed by atoms with van der Waals surface area (Å²) in [6.07, 6.45) is -5.85. The van der Waals surface area contributed by atoms with Crippen LogP contribution < -0.4 is 5.32 Å². The average molecular weight is 482 g/mol. The quantitative estimate of drug-likeness (QED) is 0.602. The van der Waals surface area contributed by atoms with Crippen LogP contribution in [-0.4, -0.2) is 25.4 Å². The number of rotatable bonds is 4. The summed E-state index contributed by atoms with van der Waals surface area (Å²) < 4.78 is 92.7. The maximum atomic E-state index is 15.4. The highest BCUT2D eigenvalue weighted by molar-refractivity contribution is 7.92. The van der Waals surface area contributed by atoms with E-state index in [1.165, 1.54) is 6.07 Å². The Bertz CT molecular complexity index is 1100. The number of sulfone groups is 1. The van der Waals surface area contributed by atoms with Crippen LogP contribution in [0.5, 0.6) is 0 Å². The van der Waals surface area contributed by atoms with Gasteiger partial charge in [0.2, 0.25) is 14.8 Å². The summed E-state index contributed by atoms with van der Waals surface area (Å²) in [5.74, 6) is -1.28. The van der Waals surface area contributed by atoms with Gasteiger partial charge in [-0.05, 0) is 62.1 Å². The minimum absolute atomic E-state index is 0.0463. The van der Waals surface area contributed by atoms with Crippen molar-refractivity contribution in [3.05, 3.63) is 64.4 Å². The molecule has 3 rings (SSSR count). The fourth-order valence-electron chi connectivity index (χ4n) is 3.42. The van der Waals surface area contributed by atoms with Gasteiger partial charge in [0.15, 0.2) is 0 Å². The second kappa shape index (κ2) is 8.38. The largest absolute Gasteiger partial charge is 0.416 e. The summed E-state index contributed by atoms with van der Waals surface area (Å²) in [5, 5.41) is -0.387. The zero-order valence-corrected chi connectivity index (χ0v) is 17.4. The Hall–Kier alpha value is -2.20. The van der Waals surface area contributed by atoms with E-state index < -0.39 is 62.1 Å². The van der Waals surface area contributed by atoms with Crippen LogP contribution in [0.15, 0.2) is 47.4 Å². The molecule has 1 saturated carbocycles. The molecule has 1 fully saturated rings. The van der Waals surface area contributed by atoms with Gasteiger partial charge in [0.05, 0.1) is 15.5 Å². The number of carbonyl (C=O) groups is 1. The first-order valence-corrected chi connectivity index (χ1v) is 11.1. The van der Waals surface area contributed by atoms with Gasteiger partial charge < -0.3 is 5.32 Å². The SMILES string of the molecule is O=C(N[C@H]1CC[C@](F)(S(=O)(=O)c2cccc(C(F)(F)F)c2)CC1)c1ccc(F)c(Cl)c1. The van der Waals surface area contributed by atoms with Crippen LogP contribution in [-0.2, 0) is 16.0 Å². The van der Waals surface area contributed by atoms with E-state index in [-0.39, 0.29) is 23.4 Å². The molecule has 1 aliphatic rings. The molecule has 0 spiro atoms. The van der Waals surface area contributed by atoms with E-state index in [2.05, 4.69) is 5.32 Å². The lowest BCUT2D eigenvalue weighted by molar-refractivity contribution is -0.137. The summed E-state index contributed by atoms with van der Waals surface area (Å²) in [4.78, 5) is 11.5. The van der Waals surface area contributed by atoms with E-state index in [9.17, 15) is 30.8 Å². The molecule has 1 N–H and O–H groups in total. The zero-order valence-electron chi connectivity index (χ0n) is 15.8. The number of hydrogen-bond acceptors (Lipinski definition) is 3. The van der Waals surface area contributed by atoms with Crippen molar-refractivity contribution >= 4 is 27.3 Å². The molecule has 4 nitrogen and oxygen atoms in total. The van der Waals surface area contributed by atoms with Crippen molar-refractivity contribution in [3.63, 3.8) is 0 Å². The number of halogens is 6. The average Bonchev–Trinajstić information content (AvgIpc) is 2.71. The number of carbonyl (C=O) groups excluding carboxylic acids is 1. The molecular weight excluding hydrogens is 465 g/mol. The summed E-state index contributed by atoms with van der Waals surface area (Å²) in [6.45, 7) is 0. The maximum Gasteiger partial charge on any atom is 0.416 e. The number of nitrogens with one attached hydrogen (secondary N) is 1. The Balaban J connectivity index is 1.71. The van der Waals surface area contributed by atoms with Crippen LogP contribution in [0.1, 0.15) is 41.6 Å². The summed E-state index contributed by atoms with van der Waals surface area (Å²) in [6, 6.07) is 5.78. The molecule has 1 amide bonds. The number of alkyl halides is 4. The third-order valence-electron chi connectivity index (χ3n) is 5.20. The Morgan fingerprint density at radius 1 is 1.10 bits per heavy atom. The zero-order chi connectivity index (χ0) is 23.0. The lowest BCUT2D eigenvalue weighted by Gasteiger charge is -2.34. The minimum atomic E-state index is -4.76. The fourth-order valence-corrected chi connectivity index (χ4v) is 5.33. The molecule has 2 aromatic rings. The number of amides is 1. The molecule has 31 heavy (non-hydrogen) atoms. The number of hydrogen-bond donors (Lipinski definition) is 1. The summed E-state index contributed by atoms with van der Waals surface area (Å²) >= 11 is 5.64. The van der Waals surface area contributed by atoms with Gasteiger partial charge >= 0.3 is 6.18 Å². The predicted octanol–water partition coefficient (Wildman–Crippen LogP) is 5.31. The van der Waals surface area contributed by atoms with Crippen LogP contribution in [0.25, 0.3) is 0 Å². The minimum Gasteiger partial charge on any atom is -0.349 e. The molecular formula is C20H17ClF5NO3S. The molecule has 168 valence electrons. The van der Waals surface area contributed by atoms with Gasteiger partial charge in [-0.3, -0.25) is 4.79 Å². The molecule has 11 heteroatoms. The van der Waals surface area contributed by atoms with Crippen LogP contribution in [0.3, 0.4) is 0 Å². The highest BCUT2D eigenvalue weighted by Gasteiger charge is 2.48. The van der Waals surface area contributed by atoms with E-state index in [4.69, 9.17) is 11.6 Å². The first-order valence-electron chi connectivity index (χ1n) is 9.20. The van der Waals surface area contributed by atoms with E-state index in [0.717, 1.165) is 24.3 Å². The molecule has 1 aliphatic carbocycles. The van der Waals surface area contributed by atoms with Gasteiger partial charge in [-0.2, -0.15) is 13.2 Å². The second-order valence-electron chi connectivity index (χ2n) is 7.29. The van der Waals surface area contributed by atoms with Gasteiger partial charge in [0.1, 0.15) is 5.82 Å². The third kappa shape index (κ3) is 4.85. The standard InChI is InChI=1S/C20H17ClF5NO3S/c21-16-10-12(4-5-17(16)22)18(28)27-14-6-8-19(23,9-7-14)31(29,30)15-3-1-2-13(11-15)20(24,25)26/h1-5,10-11,14H,6-9H2,(H,27,28)/t14-,19-. The van der Waals surface area contributed by atoms with Crippen molar-refractivity contribution < 1.29 is 35.2 Å². The lowest BCUT2D eigenvalue weighted by Crippen LogP contribution is -2.45. The van der Waals surface area contributed by atoms with Crippen molar-refractivity contribution in [1.82, 2.24) is 5.32 Å². The van der Waals surface area contributed by atoms with E-state index in [1.54, 1.807) is 0 Å². The molecule has 0 bridgehead atoms. The van der Waals surface area contributed by atoms with Crippen molar-refractivity contribution in [2.45, 2.75) is 47.8 Å². The Labute approximate surface area is 180 Å². The number of benzene rings is 2. The molecule has 2 aromatic carbocycles. The summed E-state index contributed by atoms with van der Waals surface area (Å²) in [5.41, 5.74) is -1.10. The topological polar surface area (TPSA) is 63.2 Å². The molecule has 0 heterocycles. The van der Waals surface area contributed by atoms with E-state index in [1.807, 2.05) is 0 Å². The highest BCUT2D eigenvalue weighted by atomic mass is 35.5. The van der Waals surface area contributed by atoms with Crippen LogP contribution in [0.4, 0.5) is 22.0 Å². The van der Waals surface area contributed by atoms with Crippen molar-refractivity contribution in [2.75, 3.05) is 0 Å². The molecule has 0 atom stereocenters. The van der Waals surface area contributed by atoms with Gasteiger partial charge in [-0.1, -0.05) is 17.7 Å². The second-order valence-corrected chi connectivity index (χ2v) is 9.91. The van der Waals surface area contributed by atoms with Gasteiger partial charge in [0, 0.05) is 11.6 Å². The first kappa shape index (κ1) is 23.5. The van der Waals surface area contributed by atoms with Gasteiger partial charge in [-0.15, -0.1) is 0 Å². The van der Waals surface area contributed by atoms with Crippen LogP contribution in [0.2, 0.25) is 5.02 Å².